The second-order valence-electron chi connectivity index (χ2n) is 4.11. The molecule has 74 valence electrons. The highest BCUT2D eigenvalue weighted by atomic mass is 127. The fourth-order valence-electron chi connectivity index (χ4n) is 1.07. The standard InChI is InChI=1S/C10H22IP/c1-9(2)7-5-6-8-12(11)10(3)4/h9-10H,5-8H2,1-4H3. The molecule has 1 atom stereocenters. The maximum Gasteiger partial charge on any atom is -0.0176 e. The summed E-state index contributed by atoms with van der Waals surface area (Å²) in [5, 5.41) is 0. The van der Waals surface area contributed by atoms with E-state index in [-0.39, 0.29) is 0 Å². The molecule has 0 rings (SSSR count). The van der Waals surface area contributed by atoms with Gasteiger partial charge in [-0.3, -0.25) is 0 Å². The molecule has 0 nitrogen and oxygen atoms in total. The van der Waals surface area contributed by atoms with E-state index in [4.69, 9.17) is 0 Å². The van der Waals surface area contributed by atoms with Gasteiger partial charge in [0.15, 0.2) is 0 Å². The monoisotopic (exact) mass is 300 g/mol. The topological polar surface area (TPSA) is 0 Å². The highest BCUT2D eigenvalue weighted by molar-refractivity contribution is 14.2. The molecule has 2 heteroatoms. The molecular weight excluding hydrogens is 278 g/mol. The van der Waals surface area contributed by atoms with Gasteiger partial charge in [0.05, 0.1) is 0 Å². The Labute approximate surface area is 92.1 Å². The van der Waals surface area contributed by atoms with E-state index < -0.39 is 0 Å². The zero-order chi connectivity index (χ0) is 9.56. The van der Waals surface area contributed by atoms with Crippen molar-refractivity contribution in [1.82, 2.24) is 0 Å². The van der Waals surface area contributed by atoms with E-state index in [2.05, 4.69) is 49.7 Å². The van der Waals surface area contributed by atoms with Gasteiger partial charge >= 0.3 is 0 Å². The molecule has 0 saturated heterocycles. The SMILES string of the molecule is CC(C)CCCCP(I)C(C)C. The number of rotatable bonds is 6. The first-order valence-corrected chi connectivity index (χ1v) is 9.34. The van der Waals surface area contributed by atoms with Crippen molar-refractivity contribution in [2.45, 2.75) is 52.6 Å². The van der Waals surface area contributed by atoms with E-state index in [9.17, 15) is 0 Å². The van der Waals surface area contributed by atoms with Crippen LogP contribution in [0.2, 0.25) is 0 Å². The van der Waals surface area contributed by atoms with Gasteiger partial charge in [0.2, 0.25) is 0 Å². The van der Waals surface area contributed by atoms with Crippen molar-refractivity contribution in [3.63, 3.8) is 0 Å². The van der Waals surface area contributed by atoms with Crippen LogP contribution in [0, 0.1) is 5.92 Å². The largest absolute Gasteiger partial charge is 0.0628 e. The predicted molar refractivity (Wildman–Crippen MR) is 69.6 cm³/mol. The molecule has 0 aromatic heterocycles. The van der Waals surface area contributed by atoms with E-state index in [1.54, 1.807) is 0 Å². The van der Waals surface area contributed by atoms with Crippen molar-refractivity contribution in [3.8, 4) is 0 Å². The molecule has 0 saturated carbocycles. The summed E-state index contributed by atoms with van der Waals surface area (Å²) < 4.78 is 0. The zero-order valence-corrected chi connectivity index (χ0v) is 11.9. The molecule has 0 amide bonds. The number of hydrogen-bond acceptors (Lipinski definition) is 0. The van der Waals surface area contributed by atoms with Crippen molar-refractivity contribution < 1.29 is 0 Å². The molecule has 0 radical (unpaired) electrons. The maximum absolute atomic E-state index is 2.65. The summed E-state index contributed by atoms with van der Waals surface area (Å²) in [6.45, 7) is 9.33. The number of unbranched alkanes of at least 4 members (excludes halogenated alkanes) is 1. The molecule has 0 bridgehead atoms. The average molecular weight is 300 g/mol. The van der Waals surface area contributed by atoms with Crippen LogP contribution in [-0.2, 0) is 0 Å². The van der Waals surface area contributed by atoms with Crippen molar-refractivity contribution in [2.24, 2.45) is 5.92 Å². The lowest BCUT2D eigenvalue weighted by molar-refractivity contribution is 0.551. The summed E-state index contributed by atoms with van der Waals surface area (Å²) in [6.07, 6.45) is 5.77. The third kappa shape index (κ3) is 7.79. The minimum Gasteiger partial charge on any atom is -0.0628 e. The van der Waals surface area contributed by atoms with Gasteiger partial charge < -0.3 is 0 Å². The fourth-order valence-corrected chi connectivity index (χ4v) is 3.14. The van der Waals surface area contributed by atoms with Crippen molar-refractivity contribution in [1.29, 1.82) is 0 Å². The Hall–Kier alpha value is 1.16. The van der Waals surface area contributed by atoms with Crippen molar-refractivity contribution in [2.75, 3.05) is 6.16 Å². The normalized spacial score (nSPS) is 14.2. The Morgan fingerprint density at radius 1 is 1.08 bits per heavy atom. The lowest BCUT2D eigenvalue weighted by Crippen LogP contribution is -1.93. The first-order valence-electron chi connectivity index (χ1n) is 4.96. The molecule has 1 unspecified atom stereocenters. The van der Waals surface area contributed by atoms with Gasteiger partial charge in [-0.25, -0.2) is 0 Å². The van der Waals surface area contributed by atoms with Crippen molar-refractivity contribution >= 4 is 27.6 Å². The molecule has 0 spiro atoms. The predicted octanol–water partition coefficient (Wildman–Crippen LogP) is 5.05. The molecule has 0 aliphatic heterocycles. The Morgan fingerprint density at radius 2 is 1.67 bits per heavy atom. The molecule has 12 heavy (non-hydrogen) atoms. The molecule has 0 aliphatic rings. The minimum atomic E-state index is 0.300. The summed E-state index contributed by atoms with van der Waals surface area (Å²) in [5.41, 5.74) is 1.22. The molecule has 0 heterocycles. The van der Waals surface area contributed by atoms with E-state index in [0.717, 1.165) is 11.6 Å². The molecule has 0 fully saturated rings. The first-order chi connectivity index (χ1) is 5.54. The quantitative estimate of drug-likeness (QED) is 0.366. The van der Waals surface area contributed by atoms with Gasteiger partial charge in [-0.05, 0) is 29.7 Å². The maximum atomic E-state index is 2.65. The fraction of sp³-hybridized carbons (Fsp3) is 1.00. The minimum absolute atomic E-state index is 0.300. The lowest BCUT2D eigenvalue weighted by Gasteiger charge is -2.13. The average Bonchev–Trinajstić information content (AvgIpc) is 1.97. The van der Waals surface area contributed by atoms with Crippen molar-refractivity contribution in [3.05, 3.63) is 0 Å². The van der Waals surface area contributed by atoms with Gasteiger partial charge in [-0.1, -0.05) is 62.6 Å². The van der Waals surface area contributed by atoms with Gasteiger partial charge in [-0.15, -0.1) is 0 Å². The smallest absolute Gasteiger partial charge is 0.0176 e. The Balaban J connectivity index is 3.20. The van der Waals surface area contributed by atoms with Crippen LogP contribution < -0.4 is 0 Å². The highest BCUT2D eigenvalue weighted by Gasteiger charge is 2.07. The molecular formula is C10H22IP. The Morgan fingerprint density at radius 3 is 2.08 bits per heavy atom. The van der Waals surface area contributed by atoms with Crippen LogP contribution in [0.1, 0.15) is 47.0 Å². The van der Waals surface area contributed by atoms with Gasteiger partial charge in [0, 0.05) is 0 Å². The highest BCUT2D eigenvalue weighted by Crippen LogP contribution is 2.50. The molecule has 0 aromatic carbocycles. The second-order valence-corrected chi connectivity index (χ2v) is 10.1. The van der Waals surface area contributed by atoms with Crippen LogP contribution in [0.4, 0.5) is 0 Å². The second kappa shape index (κ2) is 7.55. The molecule has 0 aliphatic carbocycles. The molecule has 0 aromatic rings. The zero-order valence-electron chi connectivity index (χ0n) is 8.81. The van der Waals surface area contributed by atoms with E-state index in [1.807, 2.05) is 0 Å². The van der Waals surface area contributed by atoms with Crippen LogP contribution in [0.3, 0.4) is 0 Å². The van der Waals surface area contributed by atoms with E-state index in [1.165, 1.54) is 25.4 Å². The van der Waals surface area contributed by atoms with Crippen LogP contribution in [0.25, 0.3) is 0 Å². The third-order valence-electron chi connectivity index (χ3n) is 1.96. The van der Waals surface area contributed by atoms with Crippen LogP contribution >= 0.6 is 27.6 Å². The van der Waals surface area contributed by atoms with E-state index >= 15 is 0 Å². The van der Waals surface area contributed by atoms with Gasteiger partial charge in [0.1, 0.15) is 0 Å². The van der Waals surface area contributed by atoms with E-state index in [0.29, 0.717) is 5.56 Å². The first kappa shape index (κ1) is 13.2. The summed E-state index contributed by atoms with van der Waals surface area (Å²) >= 11 is 2.65. The van der Waals surface area contributed by atoms with Gasteiger partial charge in [0.25, 0.3) is 0 Å². The third-order valence-corrected chi connectivity index (χ3v) is 8.62. The summed E-state index contributed by atoms with van der Waals surface area (Å²) in [4.78, 5) is 0. The Kier molecular flexibility index (Phi) is 8.28. The summed E-state index contributed by atoms with van der Waals surface area (Å²) in [6, 6.07) is 0. The van der Waals surface area contributed by atoms with Crippen LogP contribution in [0.5, 0.6) is 0 Å². The summed E-state index contributed by atoms with van der Waals surface area (Å²) in [7, 11) is 0. The van der Waals surface area contributed by atoms with Crippen LogP contribution in [0.15, 0.2) is 0 Å². The Bertz CT molecular complexity index is 102. The lowest BCUT2D eigenvalue weighted by atomic mass is 10.1. The molecule has 0 N–H and O–H groups in total. The van der Waals surface area contributed by atoms with Gasteiger partial charge in [-0.2, -0.15) is 0 Å². The summed E-state index contributed by atoms with van der Waals surface area (Å²) in [5.74, 6) is 0.893. The number of hydrogen-bond donors (Lipinski definition) is 0. The van der Waals surface area contributed by atoms with Crippen LogP contribution in [-0.4, -0.2) is 11.8 Å². The number of halogens is 1.